The molecule has 1 aliphatic heterocycles. The molecule has 2 fully saturated rings. The zero-order valence-corrected chi connectivity index (χ0v) is 13.3. The fourth-order valence-corrected chi connectivity index (χ4v) is 4.13. The lowest BCUT2D eigenvalue weighted by molar-refractivity contribution is -0.149. The topological polar surface area (TPSA) is 57.6 Å². The van der Waals surface area contributed by atoms with Gasteiger partial charge >= 0.3 is 5.97 Å². The Kier molecular flexibility index (Phi) is 4.13. The maximum absolute atomic E-state index is 13.0. The van der Waals surface area contributed by atoms with Crippen LogP contribution >= 0.6 is 0 Å². The summed E-state index contributed by atoms with van der Waals surface area (Å²) in [6, 6.07) is 6.20. The Hall–Kier alpha value is -1.91. The molecule has 0 spiro atoms. The highest BCUT2D eigenvalue weighted by Gasteiger charge is 2.55. The first-order valence-corrected chi connectivity index (χ1v) is 8.19. The first-order chi connectivity index (χ1) is 10.9. The van der Waals surface area contributed by atoms with Crippen molar-refractivity contribution < 1.29 is 19.1 Å². The first kappa shape index (κ1) is 16.0. The van der Waals surface area contributed by atoms with E-state index in [0.717, 1.165) is 18.4 Å². The van der Waals surface area contributed by atoms with Gasteiger partial charge in [-0.2, -0.15) is 0 Å². The highest BCUT2D eigenvalue weighted by Crippen LogP contribution is 2.49. The molecule has 23 heavy (non-hydrogen) atoms. The minimum absolute atomic E-state index is 0.00292. The van der Waals surface area contributed by atoms with Crippen LogP contribution in [0.4, 0.5) is 4.39 Å². The summed E-state index contributed by atoms with van der Waals surface area (Å²) >= 11 is 0. The number of rotatable bonds is 4. The van der Waals surface area contributed by atoms with E-state index in [4.69, 9.17) is 0 Å². The third kappa shape index (κ3) is 2.84. The number of hydrogen-bond donors (Lipinski definition) is 1. The minimum Gasteiger partial charge on any atom is -0.481 e. The number of benzene rings is 1. The monoisotopic (exact) mass is 319 g/mol. The van der Waals surface area contributed by atoms with Crippen LogP contribution in [0.2, 0.25) is 0 Å². The summed E-state index contributed by atoms with van der Waals surface area (Å²) in [5.74, 6) is -0.976. The van der Waals surface area contributed by atoms with Crippen molar-refractivity contribution in [3.05, 3.63) is 35.6 Å². The maximum atomic E-state index is 13.0. The summed E-state index contributed by atoms with van der Waals surface area (Å²) in [6.07, 6.45) is 2.83. The van der Waals surface area contributed by atoms with Gasteiger partial charge in [0.25, 0.3) is 0 Å². The lowest BCUT2D eigenvalue weighted by Crippen LogP contribution is -2.37. The van der Waals surface area contributed by atoms with Crippen molar-refractivity contribution in [3.63, 3.8) is 0 Å². The van der Waals surface area contributed by atoms with Crippen LogP contribution in [-0.4, -0.2) is 35.0 Å². The number of carboxylic acid groups (broad SMARTS) is 1. The molecule has 1 aliphatic carbocycles. The van der Waals surface area contributed by atoms with Crippen LogP contribution in [0.3, 0.4) is 0 Å². The van der Waals surface area contributed by atoms with E-state index in [2.05, 4.69) is 0 Å². The SMILES string of the molecule is CC(CC(=O)N1C[C@@H]2CCC[C@@]2(C(=O)O)C1)c1ccc(F)cc1. The third-order valence-corrected chi connectivity index (χ3v) is 5.57. The average Bonchev–Trinajstić information content (AvgIpc) is 3.05. The summed E-state index contributed by atoms with van der Waals surface area (Å²) in [5.41, 5.74) is 0.196. The molecule has 1 saturated heterocycles. The molecule has 1 aromatic rings. The number of fused-ring (bicyclic) bond motifs is 1. The second kappa shape index (κ2) is 5.95. The number of carboxylic acids is 1. The molecule has 1 aromatic carbocycles. The normalized spacial score (nSPS) is 27.7. The second-order valence-corrected chi connectivity index (χ2v) is 6.98. The number of amides is 1. The summed E-state index contributed by atoms with van der Waals surface area (Å²) in [4.78, 5) is 25.9. The fraction of sp³-hybridized carbons (Fsp3) is 0.556. The van der Waals surface area contributed by atoms with Crippen molar-refractivity contribution in [3.8, 4) is 0 Å². The Labute approximate surface area is 135 Å². The van der Waals surface area contributed by atoms with E-state index in [0.29, 0.717) is 25.9 Å². The summed E-state index contributed by atoms with van der Waals surface area (Å²) < 4.78 is 13.0. The molecular weight excluding hydrogens is 297 g/mol. The van der Waals surface area contributed by atoms with Crippen LogP contribution in [0.5, 0.6) is 0 Å². The van der Waals surface area contributed by atoms with Crippen LogP contribution in [0.25, 0.3) is 0 Å². The Bertz CT molecular complexity index is 615. The van der Waals surface area contributed by atoms with Crippen molar-refractivity contribution in [2.24, 2.45) is 11.3 Å². The third-order valence-electron chi connectivity index (χ3n) is 5.57. The van der Waals surface area contributed by atoms with E-state index in [9.17, 15) is 19.1 Å². The Morgan fingerprint density at radius 2 is 2.09 bits per heavy atom. The number of hydrogen-bond acceptors (Lipinski definition) is 2. The molecule has 3 atom stereocenters. The molecule has 1 amide bonds. The number of aliphatic carboxylic acids is 1. The molecule has 0 aromatic heterocycles. The first-order valence-electron chi connectivity index (χ1n) is 8.19. The van der Waals surface area contributed by atoms with Crippen LogP contribution in [0.15, 0.2) is 24.3 Å². The standard InChI is InChI=1S/C18H22FNO3/c1-12(13-4-6-15(19)7-5-13)9-16(21)20-10-14-3-2-8-18(14,11-20)17(22)23/h4-7,12,14H,2-3,8-11H2,1H3,(H,22,23)/t12?,14-,18+/m0/s1. The molecule has 0 bridgehead atoms. The van der Waals surface area contributed by atoms with Gasteiger partial charge < -0.3 is 10.0 Å². The molecule has 5 heteroatoms. The quantitative estimate of drug-likeness (QED) is 0.928. The largest absolute Gasteiger partial charge is 0.481 e. The van der Waals surface area contributed by atoms with Gasteiger partial charge in [-0.15, -0.1) is 0 Å². The maximum Gasteiger partial charge on any atom is 0.311 e. The summed E-state index contributed by atoms with van der Waals surface area (Å²) in [6.45, 7) is 2.83. The molecule has 1 heterocycles. The Balaban J connectivity index is 1.65. The van der Waals surface area contributed by atoms with Crippen LogP contribution < -0.4 is 0 Å². The predicted molar refractivity (Wildman–Crippen MR) is 83.4 cm³/mol. The molecule has 2 aliphatic rings. The molecule has 124 valence electrons. The fourth-order valence-electron chi connectivity index (χ4n) is 4.13. The van der Waals surface area contributed by atoms with Gasteiger partial charge in [-0.25, -0.2) is 4.39 Å². The lowest BCUT2D eigenvalue weighted by atomic mass is 9.81. The summed E-state index contributed by atoms with van der Waals surface area (Å²) in [7, 11) is 0. The van der Waals surface area contributed by atoms with E-state index >= 15 is 0 Å². The van der Waals surface area contributed by atoms with E-state index in [1.807, 2.05) is 6.92 Å². The number of carbonyl (C=O) groups excluding carboxylic acids is 1. The van der Waals surface area contributed by atoms with Gasteiger partial charge in [-0.05, 0) is 42.4 Å². The van der Waals surface area contributed by atoms with Crippen LogP contribution in [-0.2, 0) is 9.59 Å². The van der Waals surface area contributed by atoms with E-state index in [-0.39, 0.29) is 23.6 Å². The Morgan fingerprint density at radius 3 is 2.70 bits per heavy atom. The van der Waals surface area contributed by atoms with E-state index in [1.54, 1.807) is 17.0 Å². The highest BCUT2D eigenvalue weighted by atomic mass is 19.1. The van der Waals surface area contributed by atoms with Gasteiger partial charge in [0.15, 0.2) is 0 Å². The van der Waals surface area contributed by atoms with E-state index < -0.39 is 11.4 Å². The zero-order valence-electron chi connectivity index (χ0n) is 13.3. The van der Waals surface area contributed by atoms with Crippen molar-refractivity contribution >= 4 is 11.9 Å². The van der Waals surface area contributed by atoms with Crippen LogP contribution in [0.1, 0.15) is 44.1 Å². The molecule has 1 saturated carbocycles. The smallest absolute Gasteiger partial charge is 0.311 e. The van der Waals surface area contributed by atoms with Gasteiger partial charge in [-0.3, -0.25) is 9.59 Å². The molecule has 3 rings (SSSR count). The van der Waals surface area contributed by atoms with Gasteiger partial charge in [0, 0.05) is 19.5 Å². The molecule has 4 nitrogen and oxygen atoms in total. The number of carbonyl (C=O) groups is 2. The van der Waals surface area contributed by atoms with Crippen LogP contribution in [0, 0.1) is 17.2 Å². The van der Waals surface area contributed by atoms with Gasteiger partial charge in [0.05, 0.1) is 5.41 Å². The Morgan fingerprint density at radius 1 is 1.39 bits per heavy atom. The van der Waals surface area contributed by atoms with Gasteiger partial charge in [0.2, 0.25) is 5.91 Å². The van der Waals surface area contributed by atoms with Crippen molar-refractivity contribution in [1.29, 1.82) is 0 Å². The second-order valence-electron chi connectivity index (χ2n) is 6.98. The van der Waals surface area contributed by atoms with Crippen molar-refractivity contribution in [2.45, 2.75) is 38.5 Å². The van der Waals surface area contributed by atoms with Gasteiger partial charge in [-0.1, -0.05) is 25.5 Å². The predicted octanol–water partition coefficient (Wildman–Crippen LogP) is 3.03. The summed E-state index contributed by atoms with van der Waals surface area (Å²) in [5, 5.41) is 9.59. The number of nitrogens with zero attached hydrogens (tertiary/aromatic N) is 1. The van der Waals surface area contributed by atoms with Crippen molar-refractivity contribution in [1.82, 2.24) is 4.90 Å². The molecular formula is C18H22FNO3. The number of halogens is 1. The molecule has 1 unspecified atom stereocenters. The van der Waals surface area contributed by atoms with E-state index in [1.165, 1.54) is 12.1 Å². The molecule has 1 N–H and O–H groups in total. The zero-order chi connectivity index (χ0) is 16.6. The van der Waals surface area contributed by atoms with Crippen molar-refractivity contribution in [2.75, 3.05) is 13.1 Å². The average molecular weight is 319 g/mol. The highest BCUT2D eigenvalue weighted by molar-refractivity contribution is 5.81. The lowest BCUT2D eigenvalue weighted by Gasteiger charge is -2.24. The molecule has 0 radical (unpaired) electrons. The minimum atomic E-state index is -0.762. The number of likely N-dealkylation sites (tertiary alicyclic amines) is 1. The van der Waals surface area contributed by atoms with Gasteiger partial charge in [0.1, 0.15) is 5.82 Å².